The number of aromatic nitrogens is 3. The number of carbonyl (C=O) groups is 1. The largest absolute Gasteiger partial charge is 0.496 e. The van der Waals surface area contributed by atoms with Crippen LogP contribution in [0.3, 0.4) is 0 Å². The van der Waals surface area contributed by atoms with E-state index in [1.807, 2.05) is 18.2 Å². The summed E-state index contributed by atoms with van der Waals surface area (Å²) < 4.78 is 19.5. The topological polar surface area (TPSA) is 109 Å². The summed E-state index contributed by atoms with van der Waals surface area (Å²) >= 11 is 5.98. The first-order chi connectivity index (χ1) is 18.4. The lowest BCUT2D eigenvalue weighted by atomic mass is 9.95. The number of hydrogen-bond donors (Lipinski definition) is 0. The molecule has 0 aliphatic carbocycles. The van der Waals surface area contributed by atoms with E-state index < -0.39 is 12.0 Å². The SMILES string of the molecule is CCOC(=O)C1=C(C)N=c2s/c(=C/c3cc(Br)c(Sc4ncccn4)o3)c(=O)n2[C@H]1c1ccccc1OC. The normalized spacial score (nSPS) is 15.3. The molecule has 0 saturated carbocycles. The third kappa shape index (κ3) is 4.98. The Morgan fingerprint density at radius 1 is 1.26 bits per heavy atom. The molecule has 5 rings (SSSR count). The molecule has 0 unspecified atom stereocenters. The minimum absolute atomic E-state index is 0.195. The molecular weight excluding hydrogens is 592 g/mol. The van der Waals surface area contributed by atoms with Crippen LogP contribution in [-0.2, 0) is 9.53 Å². The summed E-state index contributed by atoms with van der Waals surface area (Å²) in [6, 6.07) is 10.0. The van der Waals surface area contributed by atoms with Crippen LogP contribution in [0, 0.1) is 0 Å². The molecule has 12 heteroatoms. The number of methoxy groups -OCH3 is 1. The first kappa shape index (κ1) is 26.1. The quantitative estimate of drug-likeness (QED) is 0.227. The molecule has 1 aliphatic rings. The molecule has 3 aromatic heterocycles. The maximum Gasteiger partial charge on any atom is 0.338 e. The Bertz CT molecular complexity index is 1730. The van der Waals surface area contributed by atoms with Gasteiger partial charge in [0.2, 0.25) is 0 Å². The standard InChI is InChI=1S/C26H21BrN4O5S2/c1-4-35-23(33)20-14(2)30-26-31(21(20)16-8-5-6-9-18(16)34-3)22(32)19(37-26)13-15-12-17(27)24(36-15)38-25-28-10-7-11-29-25/h5-13,21H,4H2,1-3H3/b19-13+/t21-/m0/s1. The van der Waals surface area contributed by atoms with Gasteiger partial charge in [0.15, 0.2) is 15.1 Å². The molecule has 194 valence electrons. The van der Waals surface area contributed by atoms with Crippen molar-refractivity contribution in [2.75, 3.05) is 13.7 Å². The van der Waals surface area contributed by atoms with Gasteiger partial charge < -0.3 is 13.9 Å². The van der Waals surface area contributed by atoms with Gasteiger partial charge in [-0.3, -0.25) is 9.36 Å². The second-order valence-electron chi connectivity index (χ2n) is 7.96. The molecule has 0 bridgehead atoms. The molecule has 4 aromatic rings. The maximum atomic E-state index is 13.8. The van der Waals surface area contributed by atoms with E-state index in [2.05, 4.69) is 30.9 Å². The van der Waals surface area contributed by atoms with Gasteiger partial charge >= 0.3 is 5.97 Å². The van der Waals surface area contributed by atoms with Crippen LogP contribution in [0.25, 0.3) is 6.08 Å². The average Bonchev–Trinajstić information content (AvgIpc) is 3.41. The summed E-state index contributed by atoms with van der Waals surface area (Å²) in [7, 11) is 1.55. The van der Waals surface area contributed by atoms with Crippen molar-refractivity contribution in [2.24, 2.45) is 4.99 Å². The van der Waals surface area contributed by atoms with E-state index in [-0.39, 0.29) is 17.7 Å². The molecular formula is C26H21BrN4O5S2. The predicted molar refractivity (Wildman–Crippen MR) is 146 cm³/mol. The van der Waals surface area contributed by atoms with Gasteiger partial charge in [-0.05, 0) is 59.7 Å². The lowest BCUT2D eigenvalue weighted by Crippen LogP contribution is -2.40. The summed E-state index contributed by atoms with van der Waals surface area (Å²) in [5, 5.41) is 1.09. The molecule has 9 nitrogen and oxygen atoms in total. The number of fused-ring (bicyclic) bond motifs is 1. The minimum Gasteiger partial charge on any atom is -0.496 e. The first-order valence-electron chi connectivity index (χ1n) is 11.5. The average molecular weight is 614 g/mol. The number of furan rings is 1. The number of para-hydroxylation sites is 1. The molecule has 1 aliphatic heterocycles. The van der Waals surface area contributed by atoms with Gasteiger partial charge in [-0.25, -0.2) is 19.8 Å². The van der Waals surface area contributed by atoms with Gasteiger partial charge in [-0.2, -0.15) is 0 Å². The Balaban J connectivity index is 1.64. The Hall–Kier alpha value is -3.48. The van der Waals surface area contributed by atoms with Crippen LogP contribution in [0.4, 0.5) is 0 Å². The third-order valence-corrected chi connectivity index (χ3v) is 8.34. The highest BCUT2D eigenvalue weighted by Gasteiger charge is 2.35. The summed E-state index contributed by atoms with van der Waals surface area (Å²) in [5.41, 5.74) is 1.11. The highest BCUT2D eigenvalue weighted by atomic mass is 79.9. The van der Waals surface area contributed by atoms with Crippen molar-refractivity contribution in [1.29, 1.82) is 0 Å². The molecule has 0 N–H and O–H groups in total. The van der Waals surface area contributed by atoms with Crippen molar-refractivity contribution in [3.05, 3.63) is 95.5 Å². The number of ether oxygens (including phenoxy) is 2. The molecule has 38 heavy (non-hydrogen) atoms. The van der Waals surface area contributed by atoms with Crippen LogP contribution in [0.1, 0.15) is 31.2 Å². The number of thiazole rings is 1. The number of rotatable bonds is 7. The zero-order valence-corrected chi connectivity index (χ0v) is 23.7. The fourth-order valence-electron chi connectivity index (χ4n) is 4.04. The second kappa shape index (κ2) is 11.1. The lowest BCUT2D eigenvalue weighted by molar-refractivity contribution is -0.139. The van der Waals surface area contributed by atoms with E-state index in [0.717, 1.165) is 0 Å². The van der Waals surface area contributed by atoms with Crippen LogP contribution < -0.4 is 19.6 Å². The van der Waals surface area contributed by atoms with E-state index in [1.54, 1.807) is 57.6 Å². The zero-order chi connectivity index (χ0) is 26.8. The highest BCUT2D eigenvalue weighted by molar-refractivity contribution is 9.10. The van der Waals surface area contributed by atoms with E-state index in [4.69, 9.17) is 13.9 Å². The van der Waals surface area contributed by atoms with E-state index in [1.165, 1.54) is 27.7 Å². The number of benzene rings is 1. The van der Waals surface area contributed by atoms with Crippen LogP contribution in [-0.4, -0.2) is 34.2 Å². The van der Waals surface area contributed by atoms with Crippen LogP contribution >= 0.6 is 39.0 Å². The van der Waals surface area contributed by atoms with Crippen molar-refractivity contribution in [3.63, 3.8) is 0 Å². The Labute approximate surface area is 233 Å². The van der Waals surface area contributed by atoms with E-state index in [9.17, 15) is 9.59 Å². The van der Waals surface area contributed by atoms with Crippen LogP contribution in [0.15, 0.2) is 89.0 Å². The minimum atomic E-state index is -0.770. The number of carbonyl (C=O) groups excluding carboxylic acids is 1. The van der Waals surface area contributed by atoms with Crippen LogP contribution in [0.5, 0.6) is 5.75 Å². The fraction of sp³-hybridized carbons (Fsp3) is 0.192. The first-order valence-corrected chi connectivity index (χ1v) is 13.9. The number of nitrogens with zero attached hydrogens (tertiary/aromatic N) is 4. The van der Waals surface area contributed by atoms with Crippen molar-refractivity contribution < 1.29 is 18.7 Å². The summed E-state index contributed by atoms with van der Waals surface area (Å²) in [5.74, 6) is 0.484. The molecule has 1 aromatic carbocycles. The predicted octanol–water partition coefficient (Wildman–Crippen LogP) is 4.10. The monoisotopic (exact) mass is 612 g/mol. The highest BCUT2D eigenvalue weighted by Crippen LogP contribution is 2.36. The number of hydrogen-bond acceptors (Lipinski definition) is 10. The zero-order valence-electron chi connectivity index (χ0n) is 20.5. The van der Waals surface area contributed by atoms with E-state index >= 15 is 0 Å². The lowest BCUT2D eigenvalue weighted by Gasteiger charge is -2.25. The smallest absolute Gasteiger partial charge is 0.338 e. The number of allylic oxidation sites excluding steroid dienone is 1. The fourth-order valence-corrected chi connectivity index (χ4v) is 6.30. The van der Waals surface area contributed by atoms with Gasteiger partial charge in [-0.1, -0.05) is 29.5 Å². The molecule has 0 amide bonds. The molecule has 0 saturated heterocycles. The van der Waals surface area contributed by atoms with Crippen molar-refractivity contribution >= 4 is 51.1 Å². The van der Waals surface area contributed by atoms with E-state index in [0.29, 0.717) is 46.8 Å². The summed E-state index contributed by atoms with van der Waals surface area (Å²) in [4.78, 5) is 40.3. The number of halogens is 1. The second-order valence-corrected chi connectivity index (χ2v) is 10.8. The van der Waals surface area contributed by atoms with Gasteiger partial charge in [0.1, 0.15) is 17.6 Å². The van der Waals surface area contributed by atoms with Gasteiger partial charge in [0.05, 0.1) is 34.0 Å². The van der Waals surface area contributed by atoms with Gasteiger partial charge in [0, 0.05) is 24.0 Å². The number of esters is 1. The maximum absolute atomic E-state index is 13.8. The summed E-state index contributed by atoms with van der Waals surface area (Å²) in [6.07, 6.45) is 4.96. The third-order valence-electron chi connectivity index (χ3n) is 5.62. The molecule has 1 atom stereocenters. The Morgan fingerprint density at radius 3 is 2.76 bits per heavy atom. The van der Waals surface area contributed by atoms with Gasteiger partial charge in [0.25, 0.3) is 5.56 Å². The molecule has 4 heterocycles. The molecule has 0 radical (unpaired) electrons. The van der Waals surface area contributed by atoms with Crippen molar-refractivity contribution in [2.45, 2.75) is 30.1 Å². The Kier molecular flexibility index (Phi) is 7.63. The van der Waals surface area contributed by atoms with Gasteiger partial charge in [-0.15, -0.1) is 0 Å². The summed E-state index contributed by atoms with van der Waals surface area (Å²) in [6.45, 7) is 3.67. The molecule has 0 fully saturated rings. The molecule has 0 spiro atoms. The van der Waals surface area contributed by atoms with Crippen LogP contribution in [0.2, 0.25) is 0 Å². The van der Waals surface area contributed by atoms with Crippen molar-refractivity contribution in [3.8, 4) is 5.75 Å². The van der Waals surface area contributed by atoms with Crippen molar-refractivity contribution in [1.82, 2.24) is 14.5 Å². The Morgan fingerprint density at radius 2 is 2.03 bits per heavy atom.